The van der Waals surface area contributed by atoms with Gasteiger partial charge in [-0.15, -0.1) is 0 Å². The SMILES string of the molecule is Cc1ccc2c(cnn2C2CCCCO2)c1-c1c(C2CC2)cc2c(N3C[C@@H]4C[C@H]3CN4C(=O)OC(C)(C)C)nc(S(C)(=O)=O)nc2c1O[C@@H](C)c1ccccc1. The Morgan fingerprint density at radius 2 is 1.75 bits per heavy atom. The van der Waals surface area contributed by atoms with Crippen LogP contribution in [0.2, 0.25) is 0 Å². The first-order valence-electron chi connectivity index (χ1n) is 19.9. The summed E-state index contributed by atoms with van der Waals surface area (Å²) in [7, 11) is -3.86. The molecule has 4 aliphatic rings. The van der Waals surface area contributed by atoms with Crippen molar-refractivity contribution in [3.8, 4) is 16.9 Å². The van der Waals surface area contributed by atoms with Gasteiger partial charge in [-0.1, -0.05) is 36.4 Å². The van der Waals surface area contributed by atoms with Crippen LogP contribution in [-0.4, -0.2) is 82.8 Å². The van der Waals surface area contributed by atoms with Crippen molar-refractivity contribution in [1.82, 2.24) is 24.6 Å². The summed E-state index contributed by atoms with van der Waals surface area (Å²) in [5.41, 5.74) is 5.89. The van der Waals surface area contributed by atoms with E-state index in [1.165, 1.54) is 0 Å². The van der Waals surface area contributed by atoms with Gasteiger partial charge in [-0.05, 0) is 113 Å². The van der Waals surface area contributed by atoms with Crippen LogP contribution in [0, 0.1) is 6.92 Å². The van der Waals surface area contributed by atoms with Crippen LogP contribution in [0.4, 0.5) is 10.6 Å². The number of benzene rings is 3. The lowest BCUT2D eigenvalue weighted by Crippen LogP contribution is -2.50. The van der Waals surface area contributed by atoms with Crippen molar-refractivity contribution in [2.75, 3.05) is 30.9 Å². The van der Waals surface area contributed by atoms with E-state index in [9.17, 15) is 13.2 Å². The molecule has 13 heteroatoms. The first-order valence-corrected chi connectivity index (χ1v) is 21.8. The van der Waals surface area contributed by atoms with E-state index in [4.69, 9.17) is 29.3 Å². The third-order valence-corrected chi connectivity index (χ3v) is 12.5. The van der Waals surface area contributed by atoms with Gasteiger partial charge in [-0.3, -0.25) is 0 Å². The molecule has 4 fully saturated rings. The number of nitrogens with zero attached hydrogens (tertiary/aromatic N) is 6. The molecule has 5 heterocycles. The highest BCUT2D eigenvalue weighted by Gasteiger charge is 2.48. The van der Waals surface area contributed by atoms with Crippen molar-refractivity contribution in [1.29, 1.82) is 0 Å². The number of hydrogen-bond acceptors (Lipinski definition) is 10. The Labute approximate surface area is 328 Å². The average molecular weight is 779 g/mol. The van der Waals surface area contributed by atoms with Crippen molar-refractivity contribution < 1.29 is 27.4 Å². The van der Waals surface area contributed by atoms with Crippen molar-refractivity contribution in [2.45, 2.75) is 114 Å². The second-order valence-electron chi connectivity index (χ2n) is 17.0. The van der Waals surface area contributed by atoms with Crippen molar-refractivity contribution >= 4 is 43.6 Å². The van der Waals surface area contributed by atoms with Crippen LogP contribution in [0.5, 0.6) is 5.75 Å². The number of anilines is 1. The summed E-state index contributed by atoms with van der Waals surface area (Å²) in [5.74, 6) is 1.36. The molecule has 2 bridgehead atoms. The first kappa shape index (κ1) is 36.9. The molecule has 3 aromatic carbocycles. The normalized spacial score (nSPS) is 21.9. The topological polar surface area (TPSA) is 129 Å². The number of aromatic nitrogens is 4. The lowest BCUT2D eigenvalue weighted by Gasteiger charge is -2.36. The first-order chi connectivity index (χ1) is 26.7. The number of hydrogen-bond donors (Lipinski definition) is 0. The molecule has 2 aromatic heterocycles. The van der Waals surface area contributed by atoms with Gasteiger partial charge in [-0.25, -0.2) is 27.9 Å². The second-order valence-corrected chi connectivity index (χ2v) is 19.0. The van der Waals surface area contributed by atoms with E-state index in [0.717, 1.165) is 88.9 Å². The molecule has 0 spiro atoms. The van der Waals surface area contributed by atoms with Crippen molar-refractivity contribution in [2.24, 2.45) is 0 Å². The molecule has 1 amide bonds. The maximum Gasteiger partial charge on any atom is 0.410 e. The molecule has 1 saturated carbocycles. The molecule has 0 N–H and O–H groups in total. The minimum Gasteiger partial charge on any atom is -0.483 e. The zero-order valence-electron chi connectivity index (χ0n) is 33.0. The van der Waals surface area contributed by atoms with E-state index in [1.54, 1.807) is 4.90 Å². The number of rotatable bonds is 8. The number of aryl methyl sites for hydroxylation is 1. The predicted molar refractivity (Wildman–Crippen MR) is 215 cm³/mol. The van der Waals surface area contributed by atoms with Gasteiger partial charge in [0.1, 0.15) is 23.0 Å². The van der Waals surface area contributed by atoms with E-state index in [-0.39, 0.29) is 35.5 Å². The summed E-state index contributed by atoms with van der Waals surface area (Å²) >= 11 is 0. The molecule has 9 rings (SSSR count). The van der Waals surface area contributed by atoms with E-state index >= 15 is 0 Å². The number of likely N-dealkylation sites (tertiary alicyclic amines) is 1. The van der Waals surface area contributed by atoms with Gasteiger partial charge in [0.15, 0.2) is 12.0 Å². The van der Waals surface area contributed by atoms with Crippen molar-refractivity contribution in [3.63, 3.8) is 0 Å². The van der Waals surface area contributed by atoms with Crippen LogP contribution in [0.3, 0.4) is 0 Å². The van der Waals surface area contributed by atoms with Crippen LogP contribution in [-0.2, 0) is 19.3 Å². The fourth-order valence-electron chi connectivity index (χ4n) is 8.84. The largest absolute Gasteiger partial charge is 0.483 e. The minimum absolute atomic E-state index is 0.0708. The molecule has 1 unspecified atom stereocenters. The van der Waals surface area contributed by atoms with Gasteiger partial charge < -0.3 is 24.0 Å². The lowest BCUT2D eigenvalue weighted by atomic mass is 9.88. The Morgan fingerprint density at radius 3 is 2.41 bits per heavy atom. The number of fused-ring (bicyclic) bond motifs is 4. The number of piperazine rings is 1. The number of carbonyl (C=O) groups is 1. The fourth-order valence-corrected chi connectivity index (χ4v) is 9.35. The van der Waals surface area contributed by atoms with Crippen LogP contribution in [0.25, 0.3) is 32.9 Å². The average Bonchev–Trinajstić information content (AvgIpc) is 3.59. The molecule has 4 atom stereocenters. The minimum atomic E-state index is -3.86. The summed E-state index contributed by atoms with van der Waals surface area (Å²) < 4.78 is 48.1. The van der Waals surface area contributed by atoms with Gasteiger partial charge in [-0.2, -0.15) is 5.10 Å². The van der Waals surface area contributed by atoms with E-state index < -0.39 is 21.5 Å². The van der Waals surface area contributed by atoms with Gasteiger partial charge in [0.2, 0.25) is 15.0 Å². The molecular weight excluding hydrogens is 729 g/mol. The number of sulfone groups is 1. The highest BCUT2D eigenvalue weighted by molar-refractivity contribution is 7.90. The summed E-state index contributed by atoms with van der Waals surface area (Å²) in [6.45, 7) is 11.4. The Bertz CT molecular complexity index is 2450. The molecule has 5 aromatic rings. The van der Waals surface area contributed by atoms with Crippen LogP contribution < -0.4 is 9.64 Å². The molecular formula is C43H50N6O6S. The van der Waals surface area contributed by atoms with E-state index in [1.807, 2.05) is 68.9 Å². The zero-order chi connectivity index (χ0) is 39.1. The zero-order valence-corrected chi connectivity index (χ0v) is 33.8. The van der Waals surface area contributed by atoms with E-state index in [0.29, 0.717) is 36.8 Å². The molecule has 294 valence electrons. The molecule has 0 radical (unpaired) electrons. The Kier molecular flexibility index (Phi) is 9.03. The van der Waals surface area contributed by atoms with Gasteiger partial charge in [0.25, 0.3) is 0 Å². The smallest absolute Gasteiger partial charge is 0.410 e. The molecule has 3 aliphatic heterocycles. The predicted octanol–water partition coefficient (Wildman–Crippen LogP) is 8.27. The third kappa shape index (κ3) is 6.66. The number of ether oxygens (including phenoxy) is 3. The van der Waals surface area contributed by atoms with Crippen molar-refractivity contribution in [3.05, 3.63) is 71.4 Å². The van der Waals surface area contributed by atoms with Gasteiger partial charge >= 0.3 is 6.09 Å². The summed E-state index contributed by atoms with van der Waals surface area (Å²) in [6, 6.07) is 16.3. The van der Waals surface area contributed by atoms with E-state index in [2.05, 4.69) is 30.0 Å². The Hall–Kier alpha value is -4.75. The summed E-state index contributed by atoms with van der Waals surface area (Å²) in [4.78, 5) is 26.9. The second kappa shape index (κ2) is 13.7. The summed E-state index contributed by atoms with van der Waals surface area (Å²) in [6.07, 6.45) is 8.02. The molecule has 12 nitrogen and oxygen atoms in total. The molecule has 56 heavy (non-hydrogen) atoms. The highest BCUT2D eigenvalue weighted by atomic mass is 32.2. The van der Waals surface area contributed by atoms with Gasteiger partial charge in [0.05, 0.1) is 23.8 Å². The number of carbonyl (C=O) groups excluding carboxylic acids is 1. The van der Waals surface area contributed by atoms with Crippen LogP contribution in [0.1, 0.15) is 101 Å². The van der Waals surface area contributed by atoms with Crippen LogP contribution in [0.15, 0.2) is 59.9 Å². The third-order valence-electron chi connectivity index (χ3n) is 11.7. The lowest BCUT2D eigenvalue weighted by molar-refractivity contribution is -0.0366. The highest BCUT2D eigenvalue weighted by Crippen LogP contribution is 2.54. The van der Waals surface area contributed by atoms with Gasteiger partial charge in [0, 0.05) is 42.3 Å². The maximum absolute atomic E-state index is 13.5. The standard InChI is InChI=1S/C43H50N6O6S/c1-25-15-18-34-33(22-44-49(34)35-14-10-11-19-53-35)36(25)37-31(28-16-17-28)21-32-38(39(37)54-26(2)27-12-8-7-9-13-27)45-41(56(6,51)52)46-40(32)47-23-30-20-29(47)24-48(30)42(50)55-43(3,4)5/h7-9,12-13,15,18,21-22,26,28-30,35H,10-11,14,16-17,19-20,23-24H2,1-6H3/t26-,29-,30-,35?/m0/s1. The molecule has 1 aliphatic carbocycles. The molecule has 3 saturated heterocycles. The Morgan fingerprint density at radius 1 is 0.964 bits per heavy atom. The van der Waals surface area contributed by atoms with Crippen LogP contribution >= 0.6 is 0 Å². The maximum atomic E-state index is 13.5. The monoisotopic (exact) mass is 778 g/mol. The summed E-state index contributed by atoms with van der Waals surface area (Å²) in [5, 5.41) is 6.38. The quantitative estimate of drug-likeness (QED) is 0.142. The number of amides is 1. The Balaban J connectivity index is 1.27. The fraction of sp³-hybridized carbons (Fsp3) is 0.488.